The van der Waals surface area contributed by atoms with Gasteiger partial charge >= 0.3 is 5.97 Å². The van der Waals surface area contributed by atoms with Gasteiger partial charge in [0.1, 0.15) is 0 Å². The Labute approximate surface area is 141 Å². The molecule has 1 aliphatic rings. The molecular formula is C17H21N5O2. The zero-order chi connectivity index (χ0) is 16.9. The first-order valence-corrected chi connectivity index (χ1v) is 8.06. The number of nitrogens with zero attached hydrogens (tertiary/aromatic N) is 4. The van der Waals surface area contributed by atoms with Crippen LogP contribution in [0.5, 0.6) is 0 Å². The molecule has 1 aliphatic heterocycles. The summed E-state index contributed by atoms with van der Waals surface area (Å²) in [4.78, 5) is 18.3. The molecule has 0 saturated carbocycles. The molecule has 1 N–H and O–H groups in total. The minimum atomic E-state index is -0.373. The number of anilines is 3. The SMILES string of the molecule is COC(=O)c1cccc(Nc2cnnc(N3CCCC(C)C3)n2)c1. The lowest BCUT2D eigenvalue weighted by Gasteiger charge is -2.30. The highest BCUT2D eigenvalue weighted by Crippen LogP contribution is 2.21. The monoisotopic (exact) mass is 327 g/mol. The van der Waals surface area contributed by atoms with E-state index in [1.54, 1.807) is 24.4 Å². The summed E-state index contributed by atoms with van der Waals surface area (Å²) < 4.78 is 4.74. The number of hydrogen-bond donors (Lipinski definition) is 1. The molecule has 3 rings (SSSR count). The van der Waals surface area contributed by atoms with Crippen molar-refractivity contribution >= 4 is 23.4 Å². The maximum atomic E-state index is 11.6. The zero-order valence-electron chi connectivity index (χ0n) is 13.9. The van der Waals surface area contributed by atoms with Crippen molar-refractivity contribution in [3.8, 4) is 0 Å². The highest BCUT2D eigenvalue weighted by molar-refractivity contribution is 5.90. The molecule has 1 fully saturated rings. The van der Waals surface area contributed by atoms with Gasteiger partial charge in [-0.1, -0.05) is 13.0 Å². The van der Waals surface area contributed by atoms with Crippen molar-refractivity contribution in [3.63, 3.8) is 0 Å². The zero-order valence-corrected chi connectivity index (χ0v) is 13.9. The molecule has 2 aromatic rings. The Hall–Kier alpha value is -2.70. The molecule has 1 unspecified atom stereocenters. The number of carbonyl (C=O) groups is 1. The standard InChI is InChI=1S/C17H21N5O2/c1-12-5-4-8-22(11-12)17-20-15(10-18-21-17)19-14-7-3-6-13(9-14)16(23)24-2/h3,6-7,9-10,12H,4-5,8,11H2,1-2H3,(H,19,20,21). The van der Waals surface area contributed by atoms with Gasteiger partial charge in [-0.25, -0.2) is 4.79 Å². The number of rotatable bonds is 4. The smallest absolute Gasteiger partial charge is 0.337 e. The fourth-order valence-corrected chi connectivity index (χ4v) is 2.85. The van der Waals surface area contributed by atoms with E-state index < -0.39 is 0 Å². The summed E-state index contributed by atoms with van der Waals surface area (Å²) in [5.74, 6) is 1.49. The topological polar surface area (TPSA) is 80.2 Å². The van der Waals surface area contributed by atoms with Gasteiger partial charge in [-0.15, -0.1) is 5.10 Å². The minimum Gasteiger partial charge on any atom is -0.465 e. The Morgan fingerprint density at radius 2 is 2.29 bits per heavy atom. The van der Waals surface area contributed by atoms with Crippen LogP contribution in [-0.4, -0.2) is 41.3 Å². The summed E-state index contributed by atoms with van der Waals surface area (Å²) in [7, 11) is 1.36. The van der Waals surface area contributed by atoms with E-state index in [9.17, 15) is 4.79 Å². The van der Waals surface area contributed by atoms with Crippen LogP contribution in [0.2, 0.25) is 0 Å². The van der Waals surface area contributed by atoms with Crippen molar-refractivity contribution in [2.75, 3.05) is 30.4 Å². The molecule has 7 nitrogen and oxygen atoms in total. The molecule has 0 radical (unpaired) electrons. The molecule has 1 saturated heterocycles. The molecule has 126 valence electrons. The lowest BCUT2D eigenvalue weighted by Crippen LogP contribution is -2.35. The largest absolute Gasteiger partial charge is 0.465 e. The van der Waals surface area contributed by atoms with Gasteiger partial charge in [0.05, 0.1) is 18.9 Å². The fourth-order valence-electron chi connectivity index (χ4n) is 2.85. The number of nitrogens with one attached hydrogen (secondary N) is 1. The quantitative estimate of drug-likeness (QED) is 0.865. The Morgan fingerprint density at radius 3 is 3.08 bits per heavy atom. The van der Waals surface area contributed by atoms with Gasteiger partial charge in [0.2, 0.25) is 5.95 Å². The third-order valence-corrected chi connectivity index (χ3v) is 4.04. The average molecular weight is 327 g/mol. The van der Waals surface area contributed by atoms with Crippen LogP contribution in [0.25, 0.3) is 0 Å². The van der Waals surface area contributed by atoms with Crippen molar-refractivity contribution in [1.82, 2.24) is 15.2 Å². The van der Waals surface area contributed by atoms with E-state index in [0.717, 1.165) is 25.2 Å². The van der Waals surface area contributed by atoms with Crippen LogP contribution in [0.4, 0.5) is 17.5 Å². The summed E-state index contributed by atoms with van der Waals surface area (Å²) in [6.07, 6.45) is 3.95. The van der Waals surface area contributed by atoms with E-state index >= 15 is 0 Å². The Balaban J connectivity index is 1.76. The molecule has 1 aromatic heterocycles. The summed E-state index contributed by atoms with van der Waals surface area (Å²) in [6.45, 7) is 4.14. The molecule has 0 amide bonds. The second-order valence-electron chi connectivity index (χ2n) is 6.03. The predicted octanol–water partition coefficient (Wildman–Crippen LogP) is 2.64. The summed E-state index contributed by atoms with van der Waals surface area (Å²) in [5.41, 5.74) is 1.23. The third-order valence-electron chi connectivity index (χ3n) is 4.04. The number of aromatic nitrogens is 3. The highest BCUT2D eigenvalue weighted by Gasteiger charge is 2.19. The Morgan fingerprint density at radius 1 is 1.42 bits per heavy atom. The number of ether oxygens (including phenoxy) is 1. The summed E-state index contributed by atoms with van der Waals surface area (Å²) in [6, 6.07) is 7.07. The second-order valence-corrected chi connectivity index (χ2v) is 6.03. The van der Waals surface area contributed by atoms with E-state index in [2.05, 4.69) is 32.3 Å². The van der Waals surface area contributed by atoms with Crippen molar-refractivity contribution in [2.45, 2.75) is 19.8 Å². The number of methoxy groups -OCH3 is 1. The second kappa shape index (κ2) is 7.25. The first-order valence-electron chi connectivity index (χ1n) is 8.06. The highest BCUT2D eigenvalue weighted by atomic mass is 16.5. The van der Waals surface area contributed by atoms with E-state index in [4.69, 9.17) is 4.74 Å². The fraction of sp³-hybridized carbons (Fsp3) is 0.412. The van der Waals surface area contributed by atoms with E-state index in [0.29, 0.717) is 23.2 Å². The van der Waals surface area contributed by atoms with Crippen LogP contribution in [0.15, 0.2) is 30.5 Å². The van der Waals surface area contributed by atoms with Crippen molar-refractivity contribution in [2.24, 2.45) is 5.92 Å². The van der Waals surface area contributed by atoms with E-state index in [-0.39, 0.29) is 5.97 Å². The van der Waals surface area contributed by atoms with Gasteiger partial charge in [0, 0.05) is 18.8 Å². The Bertz CT molecular complexity index is 722. The first-order chi connectivity index (χ1) is 11.7. The third kappa shape index (κ3) is 3.79. The van der Waals surface area contributed by atoms with Gasteiger partial charge in [-0.2, -0.15) is 10.1 Å². The lowest BCUT2D eigenvalue weighted by atomic mass is 10.0. The molecule has 7 heteroatoms. The lowest BCUT2D eigenvalue weighted by molar-refractivity contribution is 0.0601. The molecule has 0 bridgehead atoms. The molecule has 1 aromatic carbocycles. The summed E-state index contributed by atoms with van der Waals surface area (Å²) in [5, 5.41) is 11.4. The normalized spacial score (nSPS) is 17.4. The number of carbonyl (C=O) groups excluding carboxylic acids is 1. The molecule has 1 atom stereocenters. The first kappa shape index (κ1) is 16.2. The predicted molar refractivity (Wildman–Crippen MR) is 91.5 cm³/mol. The van der Waals surface area contributed by atoms with E-state index in [1.807, 2.05) is 6.07 Å². The van der Waals surface area contributed by atoms with Gasteiger partial charge in [0.15, 0.2) is 5.82 Å². The van der Waals surface area contributed by atoms with Crippen LogP contribution < -0.4 is 10.2 Å². The maximum Gasteiger partial charge on any atom is 0.337 e. The number of benzene rings is 1. The van der Waals surface area contributed by atoms with Crippen LogP contribution >= 0.6 is 0 Å². The van der Waals surface area contributed by atoms with Gasteiger partial charge in [-0.05, 0) is 37.0 Å². The van der Waals surface area contributed by atoms with Crippen molar-refractivity contribution < 1.29 is 9.53 Å². The number of esters is 1. The molecule has 2 heterocycles. The maximum absolute atomic E-state index is 11.6. The minimum absolute atomic E-state index is 0.373. The van der Waals surface area contributed by atoms with Crippen LogP contribution in [0.1, 0.15) is 30.1 Å². The molecule has 0 aliphatic carbocycles. The van der Waals surface area contributed by atoms with Gasteiger partial charge in [-0.3, -0.25) is 0 Å². The number of hydrogen-bond acceptors (Lipinski definition) is 7. The molecule has 24 heavy (non-hydrogen) atoms. The van der Waals surface area contributed by atoms with Crippen molar-refractivity contribution in [1.29, 1.82) is 0 Å². The van der Waals surface area contributed by atoms with Crippen LogP contribution in [-0.2, 0) is 4.74 Å². The van der Waals surface area contributed by atoms with Crippen LogP contribution in [0, 0.1) is 5.92 Å². The Kier molecular flexibility index (Phi) is 4.88. The molecule has 0 spiro atoms. The number of piperidine rings is 1. The van der Waals surface area contributed by atoms with Gasteiger partial charge in [0.25, 0.3) is 0 Å². The van der Waals surface area contributed by atoms with Gasteiger partial charge < -0.3 is 15.0 Å². The molecular weight excluding hydrogens is 306 g/mol. The van der Waals surface area contributed by atoms with E-state index in [1.165, 1.54) is 13.5 Å². The average Bonchev–Trinajstić information content (AvgIpc) is 2.61. The summed E-state index contributed by atoms with van der Waals surface area (Å²) >= 11 is 0. The van der Waals surface area contributed by atoms with Crippen LogP contribution in [0.3, 0.4) is 0 Å². The van der Waals surface area contributed by atoms with Crippen molar-refractivity contribution in [3.05, 3.63) is 36.0 Å².